The fourth-order valence-corrected chi connectivity index (χ4v) is 1.66. The van der Waals surface area contributed by atoms with Gasteiger partial charge in [-0.15, -0.1) is 0 Å². The molecule has 0 fully saturated rings. The van der Waals surface area contributed by atoms with E-state index >= 15 is 0 Å². The van der Waals surface area contributed by atoms with Crippen molar-refractivity contribution < 1.29 is 19.1 Å². The lowest BCUT2D eigenvalue weighted by atomic mass is 10.1. The summed E-state index contributed by atoms with van der Waals surface area (Å²) in [7, 11) is 1.27. The van der Waals surface area contributed by atoms with Crippen molar-refractivity contribution >= 4 is 27.9 Å². The third-order valence-corrected chi connectivity index (χ3v) is 2.82. The molecule has 0 aliphatic rings. The van der Waals surface area contributed by atoms with Gasteiger partial charge in [-0.3, -0.25) is 4.79 Å². The molecule has 98 valence electrons. The molecular weight excluding hydrogens is 300 g/mol. The third-order valence-electron chi connectivity index (χ3n) is 2.29. The SMILES string of the molecule is CCCC(=O)O[C@@H](C(=O)OC)c1ccc(Br)cc1. The van der Waals surface area contributed by atoms with Crippen molar-refractivity contribution in [3.05, 3.63) is 34.3 Å². The molecule has 1 aromatic rings. The number of benzene rings is 1. The second-order valence-corrected chi connectivity index (χ2v) is 4.61. The van der Waals surface area contributed by atoms with Gasteiger partial charge in [-0.1, -0.05) is 35.0 Å². The molecule has 18 heavy (non-hydrogen) atoms. The van der Waals surface area contributed by atoms with Gasteiger partial charge in [-0.05, 0) is 18.6 Å². The smallest absolute Gasteiger partial charge is 0.351 e. The minimum atomic E-state index is -0.998. The van der Waals surface area contributed by atoms with E-state index in [4.69, 9.17) is 4.74 Å². The maximum Gasteiger partial charge on any atom is 0.351 e. The van der Waals surface area contributed by atoms with Crippen LogP contribution in [0, 0.1) is 0 Å². The third kappa shape index (κ3) is 4.14. The maximum absolute atomic E-state index is 11.6. The van der Waals surface area contributed by atoms with Crippen molar-refractivity contribution in [1.82, 2.24) is 0 Å². The molecule has 0 amide bonds. The zero-order valence-electron chi connectivity index (χ0n) is 10.3. The molecule has 0 saturated heterocycles. The summed E-state index contributed by atoms with van der Waals surface area (Å²) in [5, 5.41) is 0. The standard InChI is InChI=1S/C13H15BrO4/c1-3-4-11(15)18-12(13(16)17-2)9-5-7-10(14)8-6-9/h5-8,12H,3-4H2,1-2H3/t12-/m1/s1. The molecule has 0 radical (unpaired) electrons. The van der Waals surface area contributed by atoms with E-state index in [0.717, 1.165) is 4.47 Å². The van der Waals surface area contributed by atoms with Gasteiger partial charge in [0.25, 0.3) is 0 Å². The summed E-state index contributed by atoms with van der Waals surface area (Å²) in [5.74, 6) is -0.988. The van der Waals surface area contributed by atoms with Crippen LogP contribution >= 0.6 is 15.9 Å². The van der Waals surface area contributed by atoms with E-state index in [-0.39, 0.29) is 6.42 Å². The Labute approximate surface area is 114 Å². The predicted molar refractivity (Wildman–Crippen MR) is 69.9 cm³/mol. The molecule has 1 aromatic carbocycles. The lowest BCUT2D eigenvalue weighted by Crippen LogP contribution is -2.20. The Morgan fingerprint density at radius 3 is 2.39 bits per heavy atom. The largest absolute Gasteiger partial charge is 0.466 e. The molecule has 1 rings (SSSR count). The van der Waals surface area contributed by atoms with Gasteiger partial charge in [0.2, 0.25) is 6.10 Å². The highest BCUT2D eigenvalue weighted by Crippen LogP contribution is 2.22. The Morgan fingerprint density at radius 2 is 1.89 bits per heavy atom. The molecule has 0 saturated carbocycles. The average molecular weight is 315 g/mol. The van der Waals surface area contributed by atoms with Crippen molar-refractivity contribution in [3.63, 3.8) is 0 Å². The number of halogens is 1. The molecule has 0 aromatic heterocycles. The number of hydrogen-bond donors (Lipinski definition) is 0. The van der Waals surface area contributed by atoms with Gasteiger partial charge in [0.1, 0.15) is 0 Å². The Hall–Kier alpha value is -1.36. The molecule has 0 heterocycles. The van der Waals surface area contributed by atoms with E-state index < -0.39 is 18.0 Å². The summed E-state index contributed by atoms with van der Waals surface area (Å²) in [6.45, 7) is 1.87. The molecule has 0 bridgehead atoms. The van der Waals surface area contributed by atoms with Gasteiger partial charge in [0.05, 0.1) is 7.11 Å². The number of esters is 2. The molecule has 1 atom stereocenters. The molecule has 5 heteroatoms. The first-order chi connectivity index (χ1) is 8.58. The van der Waals surface area contributed by atoms with Crippen LogP contribution < -0.4 is 0 Å². The van der Waals surface area contributed by atoms with Crippen molar-refractivity contribution in [1.29, 1.82) is 0 Å². The molecule has 4 nitrogen and oxygen atoms in total. The van der Waals surface area contributed by atoms with Crippen LogP contribution in [0.3, 0.4) is 0 Å². The first-order valence-electron chi connectivity index (χ1n) is 5.61. The van der Waals surface area contributed by atoms with E-state index in [1.54, 1.807) is 24.3 Å². The van der Waals surface area contributed by atoms with Crippen molar-refractivity contribution in [2.75, 3.05) is 7.11 Å². The number of carbonyl (C=O) groups excluding carboxylic acids is 2. The Kier molecular flexibility index (Phi) is 5.85. The first-order valence-corrected chi connectivity index (χ1v) is 6.40. The van der Waals surface area contributed by atoms with Gasteiger partial charge < -0.3 is 9.47 Å². The van der Waals surface area contributed by atoms with Crippen molar-refractivity contribution in [2.24, 2.45) is 0 Å². The minimum Gasteiger partial charge on any atom is -0.466 e. The summed E-state index contributed by atoms with van der Waals surface area (Å²) < 4.78 is 10.7. The van der Waals surface area contributed by atoms with E-state index in [1.807, 2.05) is 6.92 Å². The van der Waals surface area contributed by atoms with Gasteiger partial charge in [0, 0.05) is 16.5 Å². The van der Waals surface area contributed by atoms with Crippen LogP contribution in [0.15, 0.2) is 28.7 Å². The zero-order valence-corrected chi connectivity index (χ0v) is 11.9. The number of carbonyl (C=O) groups is 2. The molecule has 0 spiro atoms. The molecule has 0 N–H and O–H groups in total. The van der Waals surface area contributed by atoms with Gasteiger partial charge in [-0.2, -0.15) is 0 Å². The number of hydrogen-bond acceptors (Lipinski definition) is 4. The summed E-state index contributed by atoms with van der Waals surface area (Å²) in [4.78, 5) is 23.1. The van der Waals surface area contributed by atoms with E-state index in [0.29, 0.717) is 12.0 Å². The summed E-state index contributed by atoms with van der Waals surface area (Å²) in [6, 6.07) is 6.98. The number of rotatable bonds is 5. The monoisotopic (exact) mass is 314 g/mol. The van der Waals surface area contributed by atoms with Crippen LogP contribution in [0.1, 0.15) is 31.4 Å². The lowest BCUT2D eigenvalue weighted by Gasteiger charge is -2.15. The highest BCUT2D eigenvalue weighted by molar-refractivity contribution is 9.10. The lowest BCUT2D eigenvalue weighted by molar-refractivity contribution is -0.166. The van der Waals surface area contributed by atoms with Crippen LogP contribution in [0.2, 0.25) is 0 Å². The van der Waals surface area contributed by atoms with Crippen LogP contribution in [-0.2, 0) is 19.1 Å². The fraction of sp³-hybridized carbons (Fsp3) is 0.385. The second-order valence-electron chi connectivity index (χ2n) is 3.69. The summed E-state index contributed by atoms with van der Waals surface area (Å²) >= 11 is 3.30. The van der Waals surface area contributed by atoms with Gasteiger partial charge in [-0.25, -0.2) is 4.79 Å². The van der Waals surface area contributed by atoms with Gasteiger partial charge >= 0.3 is 11.9 Å². The number of methoxy groups -OCH3 is 1. The number of ether oxygens (including phenoxy) is 2. The van der Waals surface area contributed by atoms with Crippen LogP contribution in [0.5, 0.6) is 0 Å². The van der Waals surface area contributed by atoms with Crippen LogP contribution in [0.4, 0.5) is 0 Å². The Bertz CT molecular complexity index is 414. The van der Waals surface area contributed by atoms with Crippen molar-refractivity contribution in [2.45, 2.75) is 25.9 Å². The quantitative estimate of drug-likeness (QED) is 0.784. The van der Waals surface area contributed by atoms with E-state index in [1.165, 1.54) is 7.11 Å². The zero-order chi connectivity index (χ0) is 13.5. The topological polar surface area (TPSA) is 52.6 Å². The highest BCUT2D eigenvalue weighted by Gasteiger charge is 2.25. The van der Waals surface area contributed by atoms with E-state index in [9.17, 15) is 9.59 Å². The predicted octanol–water partition coefficient (Wildman–Crippen LogP) is 3.01. The van der Waals surface area contributed by atoms with Crippen LogP contribution in [-0.4, -0.2) is 19.0 Å². The minimum absolute atomic E-state index is 0.282. The van der Waals surface area contributed by atoms with Crippen LogP contribution in [0.25, 0.3) is 0 Å². The normalized spacial score (nSPS) is 11.7. The van der Waals surface area contributed by atoms with Crippen molar-refractivity contribution in [3.8, 4) is 0 Å². The summed E-state index contributed by atoms with van der Waals surface area (Å²) in [5.41, 5.74) is 0.592. The second kappa shape index (κ2) is 7.16. The Morgan fingerprint density at radius 1 is 1.28 bits per heavy atom. The summed E-state index contributed by atoms with van der Waals surface area (Å²) in [6.07, 6.45) is -0.0426. The molecule has 0 aliphatic heterocycles. The average Bonchev–Trinajstić information content (AvgIpc) is 2.36. The maximum atomic E-state index is 11.6. The highest BCUT2D eigenvalue weighted by atomic mass is 79.9. The molecule has 0 unspecified atom stereocenters. The van der Waals surface area contributed by atoms with E-state index in [2.05, 4.69) is 20.7 Å². The molecular formula is C13H15BrO4. The van der Waals surface area contributed by atoms with Gasteiger partial charge in [0.15, 0.2) is 0 Å². The fourth-order valence-electron chi connectivity index (χ4n) is 1.39. The Balaban J connectivity index is 2.88. The molecule has 0 aliphatic carbocycles. The first kappa shape index (κ1) is 14.7.